The lowest BCUT2D eigenvalue weighted by Crippen LogP contribution is -2.68. The molecular weight excluding hydrogens is 777 g/mol. The van der Waals surface area contributed by atoms with Crippen LogP contribution in [0.1, 0.15) is 133 Å². The van der Waals surface area contributed by atoms with Gasteiger partial charge in [-0.1, -0.05) is 184 Å². The third kappa shape index (κ3) is 7.79. The summed E-state index contributed by atoms with van der Waals surface area (Å²) in [6.07, 6.45) is 13.5. The SMILES string of the molecule is C[C@H](CCC(=O)O[Si](c1ccccc1)(c1ccccc1)C(C)(C)C)[C@H]1CC[C@H]2[C@@H]3CC[C@@H]4C[C@H](O[Si](c5ccccc5)(c5ccccc5)C(C)(C)C)CC[C@]4(C)[C@H]3CC[C@]12C. The predicted octanol–water partition coefficient (Wildman–Crippen LogP) is 12.1. The Labute approximate surface area is 372 Å². The van der Waals surface area contributed by atoms with Crippen molar-refractivity contribution in [2.24, 2.45) is 46.3 Å². The summed E-state index contributed by atoms with van der Waals surface area (Å²) in [5, 5.41) is 4.93. The van der Waals surface area contributed by atoms with Crippen molar-refractivity contribution in [3.8, 4) is 0 Å². The Balaban J connectivity index is 0.947. The van der Waals surface area contributed by atoms with E-state index in [0.717, 1.165) is 30.1 Å². The van der Waals surface area contributed by atoms with Gasteiger partial charge < -0.3 is 8.85 Å². The zero-order valence-corrected chi connectivity index (χ0v) is 41.1. The Kier molecular flexibility index (Phi) is 12.4. The van der Waals surface area contributed by atoms with Gasteiger partial charge in [-0.05, 0) is 141 Å². The maximum absolute atomic E-state index is 14.2. The molecule has 0 saturated heterocycles. The van der Waals surface area contributed by atoms with E-state index in [0.29, 0.717) is 35.2 Å². The maximum Gasteiger partial charge on any atom is 0.323 e. The Bertz CT molecular complexity index is 2000. The van der Waals surface area contributed by atoms with Gasteiger partial charge in [0.15, 0.2) is 0 Å². The van der Waals surface area contributed by atoms with Crippen molar-refractivity contribution in [3.63, 3.8) is 0 Å². The monoisotopic (exact) mass is 853 g/mol. The lowest BCUT2D eigenvalue weighted by Gasteiger charge is -2.62. The van der Waals surface area contributed by atoms with Crippen molar-refractivity contribution in [2.75, 3.05) is 0 Å². The number of carbonyl (C=O) groups excluding carboxylic acids is 1. The lowest BCUT2D eigenvalue weighted by atomic mass is 9.44. The topological polar surface area (TPSA) is 35.5 Å². The molecule has 0 radical (unpaired) electrons. The fourth-order valence-corrected chi connectivity index (χ4v) is 23.8. The van der Waals surface area contributed by atoms with E-state index in [1.807, 2.05) is 0 Å². The maximum atomic E-state index is 14.2. The molecule has 4 fully saturated rings. The number of rotatable bonds is 11. The molecular formula is C56H76O3Si2. The second-order valence-corrected chi connectivity index (χ2v) is 31.2. The molecule has 0 aliphatic heterocycles. The van der Waals surface area contributed by atoms with E-state index in [1.165, 1.54) is 78.5 Å². The van der Waals surface area contributed by atoms with E-state index in [2.05, 4.69) is 184 Å². The van der Waals surface area contributed by atoms with Gasteiger partial charge in [-0.15, -0.1) is 0 Å². The number of hydrogen-bond acceptors (Lipinski definition) is 3. The molecule has 0 bridgehead atoms. The zero-order valence-electron chi connectivity index (χ0n) is 39.1. The van der Waals surface area contributed by atoms with Crippen LogP contribution in [0.5, 0.6) is 0 Å². The minimum Gasteiger partial charge on any atom is -0.510 e. The molecule has 4 aromatic rings. The molecule has 5 heteroatoms. The van der Waals surface area contributed by atoms with Gasteiger partial charge in [0.1, 0.15) is 0 Å². The van der Waals surface area contributed by atoms with Crippen LogP contribution in [-0.2, 0) is 13.6 Å². The Morgan fingerprint density at radius 3 is 1.56 bits per heavy atom. The van der Waals surface area contributed by atoms with Crippen LogP contribution in [0.15, 0.2) is 121 Å². The standard InChI is InChI=1S/C56H76O3Si2/c1-41(30-35-52(57)59-61(54(5,6)7,46-26-18-12-19-27-46)47-28-20-13-21-29-47)49-33-34-50-48-32-31-42-40-43(36-38-55(42,8)51(48)37-39-56(49,50)9)58-60(53(2,3)4,44-22-14-10-15-23-44)45-24-16-11-17-25-45/h10-29,41-43,48-51H,30-40H2,1-9H3/t41-,42-,43-,48+,49-,50+,51+,55+,56-/m1/s1. The third-order valence-corrected chi connectivity index (χ3v) is 27.7. The summed E-state index contributed by atoms with van der Waals surface area (Å²) in [7, 11) is -5.50. The number of benzene rings is 4. The van der Waals surface area contributed by atoms with Gasteiger partial charge in [-0.2, -0.15) is 0 Å². The molecule has 4 aliphatic rings. The highest BCUT2D eigenvalue weighted by Gasteiger charge is 2.62. The molecule has 0 heterocycles. The van der Waals surface area contributed by atoms with Crippen LogP contribution in [0.2, 0.25) is 10.1 Å². The molecule has 8 rings (SSSR count). The fraction of sp³-hybridized carbons (Fsp3) is 0.554. The molecule has 4 aliphatic carbocycles. The number of carbonyl (C=O) groups is 1. The van der Waals surface area contributed by atoms with Crippen molar-refractivity contribution in [1.82, 2.24) is 0 Å². The summed E-state index contributed by atoms with van der Waals surface area (Å²) in [6, 6.07) is 43.8. The van der Waals surface area contributed by atoms with Crippen LogP contribution in [0.25, 0.3) is 0 Å². The largest absolute Gasteiger partial charge is 0.510 e. The highest BCUT2D eigenvalue weighted by Crippen LogP contribution is 2.68. The van der Waals surface area contributed by atoms with Gasteiger partial charge in [-0.3, -0.25) is 4.79 Å². The molecule has 61 heavy (non-hydrogen) atoms. The minimum atomic E-state index is -2.91. The Hall–Kier alpha value is -3.26. The highest BCUT2D eigenvalue weighted by molar-refractivity contribution is 7.00. The fourth-order valence-electron chi connectivity index (χ4n) is 14.7. The van der Waals surface area contributed by atoms with E-state index >= 15 is 0 Å². The average molecular weight is 853 g/mol. The molecule has 326 valence electrons. The Morgan fingerprint density at radius 2 is 1.07 bits per heavy atom. The first-order valence-electron chi connectivity index (χ1n) is 24.2. The van der Waals surface area contributed by atoms with Gasteiger partial charge in [0.25, 0.3) is 14.3 Å². The van der Waals surface area contributed by atoms with Gasteiger partial charge in [-0.25, -0.2) is 0 Å². The van der Waals surface area contributed by atoms with Crippen LogP contribution in [0.4, 0.5) is 0 Å². The summed E-state index contributed by atoms with van der Waals surface area (Å²) in [4.78, 5) is 14.2. The molecule has 0 amide bonds. The van der Waals surface area contributed by atoms with Crippen LogP contribution in [0.3, 0.4) is 0 Å². The molecule has 4 saturated carbocycles. The number of fused-ring (bicyclic) bond motifs is 5. The molecule has 9 atom stereocenters. The second kappa shape index (κ2) is 17.0. The minimum absolute atomic E-state index is 0.00146. The molecule has 4 aromatic carbocycles. The van der Waals surface area contributed by atoms with E-state index < -0.39 is 16.6 Å². The van der Waals surface area contributed by atoms with Crippen molar-refractivity contribution in [1.29, 1.82) is 0 Å². The van der Waals surface area contributed by atoms with Gasteiger partial charge in [0.05, 0.1) is 0 Å². The van der Waals surface area contributed by atoms with Crippen molar-refractivity contribution < 1.29 is 13.6 Å². The van der Waals surface area contributed by atoms with E-state index in [1.54, 1.807) is 0 Å². The van der Waals surface area contributed by atoms with Crippen molar-refractivity contribution in [3.05, 3.63) is 121 Å². The first-order chi connectivity index (χ1) is 29.0. The van der Waals surface area contributed by atoms with Crippen LogP contribution < -0.4 is 20.7 Å². The summed E-state index contributed by atoms with van der Waals surface area (Å²) in [6.45, 7) is 21.9. The first kappa shape index (κ1) is 44.4. The average Bonchev–Trinajstić information content (AvgIpc) is 3.61. The third-order valence-electron chi connectivity index (χ3n) is 17.6. The first-order valence-corrected chi connectivity index (χ1v) is 28.0. The summed E-state index contributed by atoms with van der Waals surface area (Å²) in [5.74, 6) is 4.31. The van der Waals surface area contributed by atoms with E-state index in [-0.39, 0.29) is 16.0 Å². The van der Waals surface area contributed by atoms with Crippen LogP contribution in [0, 0.1) is 46.3 Å². The lowest BCUT2D eigenvalue weighted by molar-refractivity contribution is -0.136. The summed E-state index contributed by atoms with van der Waals surface area (Å²) >= 11 is 0. The molecule has 0 spiro atoms. The van der Waals surface area contributed by atoms with Gasteiger partial charge in [0.2, 0.25) is 0 Å². The van der Waals surface area contributed by atoms with Gasteiger partial charge >= 0.3 is 8.32 Å². The van der Waals surface area contributed by atoms with Crippen molar-refractivity contribution >= 4 is 43.4 Å². The van der Waals surface area contributed by atoms with Crippen LogP contribution >= 0.6 is 0 Å². The summed E-state index contributed by atoms with van der Waals surface area (Å²) < 4.78 is 14.7. The van der Waals surface area contributed by atoms with E-state index in [4.69, 9.17) is 8.85 Å². The number of hydrogen-bond donors (Lipinski definition) is 0. The van der Waals surface area contributed by atoms with Crippen LogP contribution in [-0.4, -0.2) is 28.7 Å². The quantitative estimate of drug-likeness (QED) is 0.141. The molecule has 3 nitrogen and oxygen atoms in total. The molecule has 0 unspecified atom stereocenters. The Morgan fingerprint density at radius 1 is 0.607 bits per heavy atom. The van der Waals surface area contributed by atoms with Gasteiger partial charge in [0, 0.05) is 12.5 Å². The summed E-state index contributed by atoms with van der Waals surface area (Å²) in [5.41, 5.74) is 0.749. The zero-order chi connectivity index (χ0) is 43.3. The predicted molar refractivity (Wildman–Crippen MR) is 260 cm³/mol. The molecule has 0 aromatic heterocycles. The van der Waals surface area contributed by atoms with Crippen molar-refractivity contribution in [2.45, 2.75) is 149 Å². The normalized spacial score (nSPS) is 29.8. The molecule has 0 N–H and O–H groups in total. The second-order valence-electron chi connectivity index (χ2n) is 22.7. The highest BCUT2D eigenvalue weighted by atomic mass is 28.4. The smallest absolute Gasteiger partial charge is 0.323 e. The van der Waals surface area contributed by atoms with E-state index in [9.17, 15) is 4.79 Å².